The molecule has 0 unspecified atom stereocenters. The van der Waals surface area contributed by atoms with Gasteiger partial charge in [0.25, 0.3) is 15.9 Å². The van der Waals surface area contributed by atoms with Crippen molar-refractivity contribution in [3.05, 3.63) is 102 Å². The summed E-state index contributed by atoms with van der Waals surface area (Å²) < 4.78 is 54.2. The van der Waals surface area contributed by atoms with Crippen LogP contribution in [0, 0.1) is 0 Å². The van der Waals surface area contributed by atoms with Crippen LogP contribution in [0.25, 0.3) is 0 Å². The number of nitrogens with one attached hydrogen (secondary N) is 3. The average molecular weight is 760 g/mol. The van der Waals surface area contributed by atoms with E-state index in [4.69, 9.17) is 18.9 Å². The molecule has 2 fully saturated rings. The van der Waals surface area contributed by atoms with E-state index in [-0.39, 0.29) is 58.9 Å². The van der Waals surface area contributed by atoms with Crippen LogP contribution in [0.5, 0.6) is 11.5 Å². The van der Waals surface area contributed by atoms with Crippen molar-refractivity contribution in [3.8, 4) is 11.5 Å². The van der Waals surface area contributed by atoms with Crippen LogP contribution >= 0.6 is 0 Å². The van der Waals surface area contributed by atoms with E-state index < -0.39 is 15.9 Å². The molecule has 2 aliphatic rings. The number of aromatic nitrogens is 2. The minimum absolute atomic E-state index is 0.0216. The van der Waals surface area contributed by atoms with E-state index in [0.29, 0.717) is 25.4 Å². The average Bonchev–Trinajstić information content (AvgIpc) is 3.58. The van der Waals surface area contributed by atoms with Gasteiger partial charge in [-0.1, -0.05) is 86.3 Å². The Hall–Kier alpha value is -4.92. The Morgan fingerprint density at radius 1 is 0.741 bits per heavy atom. The third-order valence-electron chi connectivity index (χ3n) is 9.89. The van der Waals surface area contributed by atoms with Gasteiger partial charge in [0, 0.05) is 12.1 Å². The number of hydrogen-bond acceptors (Lipinski definition) is 9. The Balaban J connectivity index is 1.21. The lowest BCUT2D eigenvalue weighted by atomic mass is 9.92. The highest BCUT2D eigenvalue weighted by atomic mass is 32.2. The van der Waals surface area contributed by atoms with Gasteiger partial charge in [-0.3, -0.25) is 14.3 Å². The molecule has 2 amide bonds. The normalized spacial score (nSPS) is 20.1. The van der Waals surface area contributed by atoms with Gasteiger partial charge in [0.15, 0.2) is 5.82 Å². The van der Waals surface area contributed by atoms with Crippen LogP contribution in [0.4, 0.5) is 5.82 Å². The van der Waals surface area contributed by atoms with E-state index in [1.54, 1.807) is 6.07 Å². The van der Waals surface area contributed by atoms with Crippen molar-refractivity contribution in [2.45, 2.75) is 100 Å². The quantitative estimate of drug-likeness (QED) is 0.132. The smallest absolute Gasteiger partial charge is 0.269 e. The van der Waals surface area contributed by atoms with Crippen molar-refractivity contribution < 1.29 is 37.0 Å². The zero-order chi connectivity index (χ0) is 37.9. The van der Waals surface area contributed by atoms with Crippen molar-refractivity contribution in [1.82, 2.24) is 20.4 Å². The van der Waals surface area contributed by atoms with E-state index in [9.17, 15) is 18.0 Å². The first-order valence-electron chi connectivity index (χ1n) is 18.5. The molecule has 288 valence electrons. The molecule has 0 saturated heterocycles. The highest BCUT2D eigenvalue weighted by Gasteiger charge is 2.31. The lowest BCUT2D eigenvalue weighted by Gasteiger charge is -2.32. The van der Waals surface area contributed by atoms with E-state index in [2.05, 4.69) is 20.5 Å². The molecule has 0 radical (unpaired) electrons. The molecular formula is C40H49N5O8S. The number of sulfonamides is 1. The Morgan fingerprint density at radius 3 is 1.89 bits per heavy atom. The first-order chi connectivity index (χ1) is 26.2. The maximum atomic E-state index is 14.0. The zero-order valence-corrected chi connectivity index (χ0v) is 31.6. The molecule has 13 nitrogen and oxygen atoms in total. The summed E-state index contributed by atoms with van der Waals surface area (Å²) in [6.07, 6.45) is 6.47. The van der Waals surface area contributed by atoms with Crippen molar-refractivity contribution in [2.24, 2.45) is 0 Å². The van der Waals surface area contributed by atoms with Gasteiger partial charge in [-0.15, -0.1) is 0 Å². The van der Waals surface area contributed by atoms with Crippen LogP contribution in [0.2, 0.25) is 0 Å². The monoisotopic (exact) mass is 759 g/mol. The molecule has 4 aromatic rings. The summed E-state index contributed by atoms with van der Waals surface area (Å²) in [5.74, 6) is -0.612. The maximum absolute atomic E-state index is 14.0. The first-order valence-corrected chi connectivity index (χ1v) is 19.9. The molecule has 3 aromatic carbocycles. The molecule has 0 spiro atoms. The number of amides is 2. The van der Waals surface area contributed by atoms with Crippen LogP contribution in [-0.2, 0) is 44.1 Å². The van der Waals surface area contributed by atoms with Crippen molar-refractivity contribution in [2.75, 3.05) is 18.9 Å². The van der Waals surface area contributed by atoms with Gasteiger partial charge < -0.3 is 29.6 Å². The number of carbonyl (C=O) groups is 2. The summed E-state index contributed by atoms with van der Waals surface area (Å²) in [5, 5.41) is 10.6. The lowest BCUT2D eigenvalue weighted by Crippen LogP contribution is -2.48. The number of methoxy groups -OCH3 is 2. The molecule has 1 heterocycles. The topological polar surface area (TPSA) is 159 Å². The lowest BCUT2D eigenvalue weighted by molar-refractivity contribution is -0.124. The molecule has 2 saturated carbocycles. The fourth-order valence-corrected chi connectivity index (χ4v) is 8.24. The maximum Gasteiger partial charge on any atom is 0.269 e. The van der Waals surface area contributed by atoms with Crippen LogP contribution in [0.3, 0.4) is 0 Å². The molecule has 4 atom stereocenters. The summed E-state index contributed by atoms with van der Waals surface area (Å²) in [4.78, 5) is 27.5. The number of ether oxygens (including phenoxy) is 4. The molecule has 54 heavy (non-hydrogen) atoms. The Morgan fingerprint density at radius 2 is 1.31 bits per heavy atom. The number of carbonyl (C=O) groups excluding carboxylic acids is 2. The van der Waals surface area contributed by atoms with E-state index in [1.165, 1.54) is 37.1 Å². The number of benzene rings is 3. The number of rotatable bonds is 16. The zero-order valence-electron chi connectivity index (χ0n) is 30.7. The number of anilines is 1. The second-order valence-corrected chi connectivity index (χ2v) is 15.3. The first kappa shape index (κ1) is 38.8. The van der Waals surface area contributed by atoms with Crippen molar-refractivity contribution in [3.63, 3.8) is 0 Å². The van der Waals surface area contributed by atoms with E-state index in [1.807, 2.05) is 60.7 Å². The number of nitrogens with zero attached hydrogens (tertiary/aromatic N) is 2. The van der Waals surface area contributed by atoms with Gasteiger partial charge in [-0.25, -0.2) is 13.1 Å². The predicted molar refractivity (Wildman–Crippen MR) is 203 cm³/mol. The Labute approximate surface area is 316 Å². The highest BCUT2D eigenvalue weighted by Crippen LogP contribution is 2.30. The summed E-state index contributed by atoms with van der Waals surface area (Å²) in [7, 11) is -1.48. The van der Waals surface area contributed by atoms with Gasteiger partial charge in [0.2, 0.25) is 5.91 Å². The van der Waals surface area contributed by atoms with Gasteiger partial charge in [-0.05, 0) is 48.9 Å². The van der Waals surface area contributed by atoms with E-state index in [0.717, 1.165) is 56.1 Å². The SMILES string of the molecule is COc1ccc(OC)c(S(=O)(=O)Nc2cc(C(=O)N[C@H]3CCCC[C@@H]3OCc3ccccc3)n(CC(=O)N[C@H]3CCCC[C@@H]3OCc3ccccc3)n2)c1. The van der Waals surface area contributed by atoms with Crippen LogP contribution in [-0.4, -0.2) is 68.5 Å². The molecular weight excluding hydrogens is 711 g/mol. The van der Waals surface area contributed by atoms with E-state index >= 15 is 0 Å². The Bertz CT molecular complexity index is 1960. The third-order valence-corrected chi connectivity index (χ3v) is 11.3. The highest BCUT2D eigenvalue weighted by molar-refractivity contribution is 7.92. The molecule has 0 bridgehead atoms. The minimum atomic E-state index is -4.27. The fraction of sp³-hybridized carbons (Fsp3) is 0.425. The molecule has 1 aromatic heterocycles. The molecule has 14 heteroatoms. The summed E-state index contributed by atoms with van der Waals surface area (Å²) in [6, 6.07) is 24.9. The van der Waals surface area contributed by atoms with Gasteiger partial charge in [0.1, 0.15) is 28.6 Å². The molecule has 2 aliphatic carbocycles. The molecule has 6 rings (SSSR count). The van der Waals surface area contributed by atoms with Crippen molar-refractivity contribution >= 4 is 27.7 Å². The van der Waals surface area contributed by atoms with Gasteiger partial charge in [0.05, 0.1) is 51.7 Å². The van der Waals surface area contributed by atoms with Crippen LogP contribution < -0.4 is 24.8 Å². The molecule has 0 aliphatic heterocycles. The second kappa shape index (κ2) is 18.4. The summed E-state index contributed by atoms with van der Waals surface area (Å²) >= 11 is 0. The second-order valence-electron chi connectivity index (χ2n) is 13.7. The predicted octanol–water partition coefficient (Wildman–Crippen LogP) is 5.60. The van der Waals surface area contributed by atoms with Crippen LogP contribution in [0.1, 0.15) is 73.0 Å². The van der Waals surface area contributed by atoms with Crippen molar-refractivity contribution in [1.29, 1.82) is 0 Å². The van der Waals surface area contributed by atoms with Gasteiger partial charge in [-0.2, -0.15) is 5.10 Å². The largest absolute Gasteiger partial charge is 0.497 e. The summed E-state index contributed by atoms with van der Waals surface area (Å²) in [6.45, 7) is 0.514. The minimum Gasteiger partial charge on any atom is -0.497 e. The third kappa shape index (κ3) is 10.2. The van der Waals surface area contributed by atoms with Crippen LogP contribution in [0.15, 0.2) is 89.8 Å². The molecule has 3 N–H and O–H groups in total. The fourth-order valence-electron chi connectivity index (χ4n) is 7.07. The van der Waals surface area contributed by atoms with Gasteiger partial charge >= 0.3 is 0 Å². The summed E-state index contributed by atoms with van der Waals surface area (Å²) in [5.41, 5.74) is 2.11. The number of hydrogen-bond donors (Lipinski definition) is 3. The Kier molecular flexibility index (Phi) is 13.2. The standard InChI is InChI=1S/C40H49N5O8S/c1-50-30-21-22-36(51-2)37(23-30)54(48,49)44-38-24-33(40(47)42-32-18-10-12-20-35(32)53-27-29-15-7-4-8-16-29)45(43-38)25-39(46)41-31-17-9-11-19-34(31)52-26-28-13-5-3-6-14-28/h3-8,13-16,21-24,31-32,34-35H,9-12,17-20,25-27H2,1-2H3,(H,41,46)(H,42,47)(H,43,44)/t31-,32-,34-,35-/m0/s1.